The molecule has 0 fully saturated rings. The van der Waals surface area contributed by atoms with Gasteiger partial charge in [-0.25, -0.2) is 0 Å². The van der Waals surface area contributed by atoms with Crippen LogP contribution < -0.4 is 0 Å². The SMILES string of the molecule is Cc1cc2c(c(C)c1Br)CCC2. The lowest BCUT2D eigenvalue weighted by Gasteiger charge is -2.09. The van der Waals surface area contributed by atoms with Crippen LogP contribution in [0, 0.1) is 13.8 Å². The molecule has 0 saturated carbocycles. The minimum atomic E-state index is 1.28. The zero-order valence-electron chi connectivity index (χ0n) is 7.58. The Bertz CT molecular complexity index is 326. The van der Waals surface area contributed by atoms with Crippen LogP contribution in [0.3, 0.4) is 0 Å². The fraction of sp³-hybridized carbons (Fsp3) is 0.455. The molecule has 1 aliphatic rings. The standard InChI is InChI=1S/C11H13Br/c1-7-6-9-4-3-5-10(9)8(2)11(7)12/h6H,3-5H2,1-2H3. The first-order valence-electron chi connectivity index (χ1n) is 4.47. The van der Waals surface area contributed by atoms with Gasteiger partial charge in [-0.2, -0.15) is 0 Å². The molecule has 2 rings (SSSR count). The van der Waals surface area contributed by atoms with Crippen molar-refractivity contribution in [2.45, 2.75) is 33.1 Å². The molecule has 0 amide bonds. The van der Waals surface area contributed by atoms with Crippen LogP contribution in [0.25, 0.3) is 0 Å². The molecule has 0 bridgehead atoms. The maximum Gasteiger partial charge on any atom is 0.0236 e. The van der Waals surface area contributed by atoms with Gasteiger partial charge in [-0.3, -0.25) is 0 Å². The lowest BCUT2D eigenvalue weighted by Crippen LogP contribution is -1.91. The van der Waals surface area contributed by atoms with Gasteiger partial charge < -0.3 is 0 Å². The third-order valence-electron chi connectivity index (χ3n) is 2.78. The minimum Gasteiger partial charge on any atom is -0.0547 e. The van der Waals surface area contributed by atoms with Gasteiger partial charge in [0.05, 0.1) is 0 Å². The Balaban J connectivity index is 2.67. The van der Waals surface area contributed by atoms with Crippen molar-refractivity contribution in [3.8, 4) is 0 Å². The Morgan fingerprint density at radius 1 is 1.25 bits per heavy atom. The van der Waals surface area contributed by atoms with E-state index >= 15 is 0 Å². The number of rotatable bonds is 0. The summed E-state index contributed by atoms with van der Waals surface area (Å²) in [5, 5.41) is 0. The van der Waals surface area contributed by atoms with E-state index in [1.807, 2.05) is 0 Å². The maximum atomic E-state index is 3.63. The molecule has 0 atom stereocenters. The van der Waals surface area contributed by atoms with Crippen molar-refractivity contribution >= 4 is 15.9 Å². The topological polar surface area (TPSA) is 0 Å². The lowest BCUT2D eigenvalue weighted by atomic mass is 10.0. The van der Waals surface area contributed by atoms with E-state index in [1.54, 1.807) is 11.1 Å². The summed E-state index contributed by atoms with van der Waals surface area (Å²) < 4.78 is 1.31. The summed E-state index contributed by atoms with van der Waals surface area (Å²) in [4.78, 5) is 0. The van der Waals surface area contributed by atoms with Gasteiger partial charge in [0.1, 0.15) is 0 Å². The highest BCUT2D eigenvalue weighted by Crippen LogP contribution is 2.32. The monoisotopic (exact) mass is 224 g/mol. The van der Waals surface area contributed by atoms with E-state index < -0.39 is 0 Å². The molecular formula is C11H13Br. The van der Waals surface area contributed by atoms with Gasteiger partial charge in [0, 0.05) is 4.47 Å². The highest BCUT2D eigenvalue weighted by atomic mass is 79.9. The summed E-state index contributed by atoms with van der Waals surface area (Å²) in [6.45, 7) is 4.40. The summed E-state index contributed by atoms with van der Waals surface area (Å²) in [5.74, 6) is 0. The molecule has 0 heterocycles. The molecule has 1 aromatic rings. The first-order valence-corrected chi connectivity index (χ1v) is 5.27. The fourth-order valence-electron chi connectivity index (χ4n) is 2.11. The number of hydrogen-bond donors (Lipinski definition) is 0. The van der Waals surface area contributed by atoms with Gasteiger partial charge in [-0.1, -0.05) is 22.0 Å². The van der Waals surface area contributed by atoms with Crippen LogP contribution in [-0.2, 0) is 12.8 Å². The first kappa shape index (κ1) is 8.31. The summed E-state index contributed by atoms with van der Waals surface area (Å²) in [5.41, 5.74) is 6.01. The Labute approximate surface area is 82.1 Å². The number of halogens is 1. The normalized spacial score (nSPS) is 14.9. The summed E-state index contributed by atoms with van der Waals surface area (Å²) in [6, 6.07) is 2.33. The molecule has 0 N–H and O–H groups in total. The van der Waals surface area contributed by atoms with Gasteiger partial charge in [-0.15, -0.1) is 0 Å². The van der Waals surface area contributed by atoms with Gasteiger partial charge in [0.25, 0.3) is 0 Å². The van der Waals surface area contributed by atoms with Crippen LogP contribution in [-0.4, -0.2) is 0 Å². The molecule has 0 aliphatic heterocycles. The predicted molar refractivity (Wildman–Crippen MR) is 55.6 cm³/mol. The number of aryl methyl sites for hydroxylation is 2. The number of fused-ring (bicyclic) bond motifs is 1. The molecule has 1 aromatic carbocycles. The van der Waals surface area contributed by atoms with Crippen molar-refractivity contribution in [3.63, 3.8) is 0 Å². The molecule has 1 heteroatoms. The third kappa shape index (κ3) is 1.11. The summed E-state index contributed by atoms with van der Waals surface area (Å²) in [6.07, 6.45) is 3.90. The number of benzene rings is 1. The van der Waals surface area contributed by atoms with Crippen LogP contribution in [0.4, 0.5) is 0 Å². The van der Waals surface area contributed by atoms with E-state index in [0.29, 0.717) is 0 Å². The Hall–Kier alpha value is -0.300. The van der Waals surface area contributed by atoms with Crippen LogP contribution in [0.15, 0.2) is 10.5 Å². The average Bonchev–Trinajstić information content (AvgIpc) is 2.48. The molecule has 0 unspecified atom stereocenters. The molecule has 0 radical (unpaired) electrons. The Morgan fingerprint density at radius 3 is 2.75 bits per heavy atom. The van der Waals surface area contributed by atoms with Gasteiger partial charge in [0.15, 0.2) is 0 Å². The highest BCUT2D eigenvalue weighted by molar-refractivity contribution is 9.10. The van der Waals surface area contributed by atoms with Crippen molar-refractivity contribution in [3.05, 3.63) is 32.8 Å². The number of hydrogen-bond acceptors (Lipinski definition) is 0. The van der Waals surface area contributed by atoms with E-state index in [-0.39, 0.29) is 0 Å². The van der Waals surface area contributed by atoms with Crippen molar-refractivity contribution < 1.29 is 0 Å². The predicted octanol–water partition coefficient (Wildman–Crippen LogP) is 3.55. The van der Waals surface area contributed by atoms with Gasteiger partial charge in [0.2, 0.25) is 0 Å². The molecule has 12 heavy (non-hydrogen) atoms. The first-order chi connectivity index (χ1) is 5.70. The largest absolute Gasteiger partial charge is 0.0547 e. The quantitative estimate of drug-likeness (QED) is 0.633. The second-order valence-corrected chi connectivity index (χ2v) is 4.42. The third-order valence-corrected chi connectivity index (χ3v) is 4.00. The van der Waals surface area contributed by atoms with Gasteiger partial charge in [-0.05, 0) is 55.4 Å². The van der Waals surface area contributed by atoms with Crippen LogP contribution >= 0.6 is 15.9 Å². The second-order valence-electron chi connectivity index (χ2n) is 3.62. The van der Waals surface area contributed by atoms with Crippen molar-refractivity contribution in [1.29, 1.82) is 0 Å². The zero-order chi connectivity index (χ0) is 8.72. The van der Waals surface area contributed by atoms with Crippen molar-refractivity contribution in [2.75, 3.05) is 0 Å². The molecule has 64 valence electrons. The van der Waals surface area contributed by atoms with Crippen molar-refractivity contribution in [2.24, 2.45) is 0 Å². The minimum absolute atomic E-state index is 1.28. The van der Waals surface area contributed by atoms with E-state index in [4.69, 9.17) is 0 Å². The Morgan fingerprint density at radius 2 is 2.00 bits per heavy atom. The average molecular weight is 225 g/mol. The highest BCUT2D eigenvalue weighted by Gasteiger charge is 2.15. The molecule has 1 aliphatic carbocycles. The van der Waals surface area contributed by atoms with E-state index in [2.05, 4.69) is 35.8 Å². The lowest BCUT2D eigenvalue weighted by molar-refractivity contribution is 0.909. The van der Waals surface area contributed by atoms with Crippen LogP contribution in [0.1, 0.15) is 28.7 Å². The van der Waals surface area contributed by atoms with Crippen LogP contribution in [0.2, 0.25) is 0 Å². The zero-order valence-corrected chi connectivity index (χ0v) is 9.16. The van der Waals surface area contributed by atoms with E-state index in [9.17, 15) is 0 Å². The van der Waals surface area contributed by atoms with Crippen molar-refractivity contribution in [1.82, 2.24) is 0 Å². The Kier molecular flexibility index (Phi) is 1.99. The van der Waals surface area contributed by atoms with E-state index in [1.165, 1.54) is 34.9 Å². The summed E-state index contributed by atoms with van der Waals surface area (Å²) >= 11 is 3.63. The molecule has 0 saturated heterocycles. The van der Waals surface area contributed by atoms with Gasteiger partial charge >= 0.3 is 0 Å². The molecular weight excluding hydrogens is 212 g/mol. The van der Waals surface area contributed by atoms with E-state index in [0.717, 1.165) is 0 Å². The summed E-state index contributed by atoms with van der Waals surface area (Å²) in [7, 11) is 0. The second kappa shape index (κ2) is 2.88. The maximum absolute atomic E-state index is 3.63. The fourth-order valence-corrected chi connectivity index (χ4v) is 2.46. The van der Waals surface area contributed by atoms with Crippen LogP contribution in [0.5, 0.6) is 0 Å². The molecule has 0 nitrogen and oxygen atoms in total. The smallest absolute Gasteiger partial charge is 0.0236 e. The molecule has 0 aromatic heterocycles. The molecule has 0 spiro atoms.